The Labute approximate surface area is 167 Å². The number of hydrogen-bond acceptors (Lipinski definition) is 5. The highest BCUT2D eigenvalue weighted by atomic mass is 19.1. The number of carbonyl (C=O) groups is 2. The molecule has 7 nitrogen and oxygen atoms in total. The van der Waals surface area contributed by atoms with Crippen molar-refractivity contribution in [3.63, 3.8) is 0 Å². The minimum absolute atomic E-state index is 0.103. The summed E-state index contributed by atoms with van der Waals surface area (Å²) in [5, 5.41) is 8.62. The molecule has 0 spiro atoms. The van der Waals surface area contributed by atoms with Crippen molar-refractivity contribution >= 4 is 23.6 Å². The smallest absolute Gasteiger partial charge is 0.267 e. The number of benzene rings is 2. The molecule has 0 unspecified atom stereocenters. The molecule has 3 rings (SSSR count). The van der Waals surface area contributed by atoms with Crippen molar-refractivity contribution in [2.45, 2.75) is 0 Å². The van der Waals surface area contributed by atoms with Crippen LogP contribution in [0.4, 0.5) is 10.1 Å². The fourth-order valence-electron chi connectivity index (χ4n) is 3.25. The monoisotopic (exact) mass is 399 g/mol. The summed E-state index contributed by atoms with van der Waals surface area (Å²) in [4.78, 5) is 27.8. The molecule has 0 bridgehead atoms. The predicted molar refractivity (Wildman–Crippen MR) is 106 cm³/mol. The molecule has 1 saturated heterocycles. The van der Waals surface area contributed by atoms with E-state index in [1.165, 1.54) is 25.3 Å². The highest BCUT2D eigenvalue weighted by Crippen LogP contribution is 2.24. The van der Waals surface area contributed by atoms with E-state index < -0.39 is 11.7 Å². The second-order valence-electron chi connectivity index (χ2n) is 6.50. The number of amides is 2. The maximum Gasteiger partial charge on any atom is 0.267 e. The maximum atomic E-state index is 13.9. The van der Waals surface area contributed by atoms with Crippen LogP contribution < -0.4 is 15.1 Å². The lowest BCUT2D eigenvalue weighted by Crippen LogP contribution is -2.49. The summed E-state index contributed by atoms with van der Waals surface area (Å²) in [6.45, 7) is 2.17. The first-order valence-electron chi connectivity index (χ1n) is 9.12. The van der Waals surface area contributed by atoms with E-state index in [4.69, 9.17) is 9.94 Å². The number of hydrogen-bond donors (Lipinski definition) is 2. The second-order valence-corrected chi connectivity index (χ2v) is 6.50. The molecular weight excluding hydrogens is 377 g/mol. The van der Waals surface area contributed by atoms with Gasteiger partial charge in [0.05, 0.1) is 7.11 Å². The Kier molecular flexibility index (Phi) is 6.46. The third kappa shape index (κ3) is 4.72. The number of para-hydroxylation sites is 1. The average molecular weight is 399 g/mol. The molecule has 2 aromatic carbocycles. The largest absolute Gasteiger partial charge is 0.494 e. The molecule has 0 saturated carbocycles. The summed E-state index contributed by atoms with van der Waals surface area (Å²) in [7, 11) is 1.38. The summed E-state index contributed by atoms with van der Waals surface area (Å²) >= 11 is 0. The molecule has 2 aromatic rings. The number of rotatable bonds is 5. The zero-order valence-electron chi connectivity index (χ0n) is 16.0. The summed E-state index contributed by atoms with van der Waals surface area (Å²) < 4.78 is 18.8. The van der Waals surface area contributed by atoms with Crippen molar-refractivity contribution in [2.75, 3.05) is 38.2 Å². The topological polar surface area (TPSA) is 82.1 Å². The zero-order chi connectivity index (χ0) is 20.8. The van der Waals surface area contributed by atoms with Crippen LogP contribution in [0.1, 0.15) is 15.9 Å². The maximum absolute atomic E-state index is 13.9. The number of piperazine rings is 1. The predicted octanol–water partition coefficient (Wildman–Crippen LogP) is 2.32. The number of halogens is 1. The van der Waals surface area contributed by atoms with E-state index in [-0.39, 0.29) is 17.2 Å². The Morgan fingerprint density at radius 3 is 2.52 bits per heavy atom. The molecule has 29 heavy (non-hydrogen) atoms. The summed E-state index contributed by atoms with van der Waals surface area (Å²) in [6.07, 6.45) is 2.87. The van der Waals surface area contributed by atoms with Crippen molar-refractivity contribution in [1.29, 1.82) is 0 Å². The van der Waals surface area contributed by atoms with Crippen molar-refractivity contribution in [3.05, 3.63) is 65.5 Å². The normalized spacial score (nSPS) is 14.2. The lowest BCUT2D eigenvalue weighted by molar-refractivity contribution is -0.124. The first kappa shape index (κ1) is 20.3. The third-order valence-corrected chi connectivity index (χ3v) is 4.77. The lowest BCUT2D eigenvalue weighted by atomic mass is 10.1. The van der Waals surface area contributed by atoms with Gasteiger partial charge in [-0.15, -0.1) is 0 Å². The van der Waals surface area contributed by atoms with Crippen molar-refractivity contribution in [1.82, 2.24) is 10.4 Å². The van der Waals surface area contributed by atoms with Gasteiger partial charge in [0.2, 0.25) is 0 Å². The van der Waals surface area contributed by atoms with Crippen molar-refractivity contribution < 1.29 is 23.9 Å². The molecule has 1 aliphatic heterocycles. The Hall–Kier alpha value is -3.39. The fourth-order valence-corrected chi connectivity index (χ4v) is 3.25. The fraction of sp³-hybridized carbons (Fsp3) is 0.238. The number of nitrogens with one attached hydrogen (secondary N) is 1. The first-order valence-corrected chi connectivity index (χ1v) is 9.12. The van der Waals surface area contributed by atoms with Crippen LogP contribution in [-0.4, -0.2) is 55.2 Å². The van der Waals surface area contributed by atoms with E-state index in [0.29, 0.717) is 26.2 Å². The SMILES string of the molecule is COc1ccc(C(=O)N2CCN(c3ccccc3/C=C/C(=O)NO)CC2)cc1F. The van der Waals surface area contributed by atoms with Crippen LogP contribution in [0.25, 0.3) is 6.08 Å². The van der Waals surface area contributed by atoms with Gasteiger partial charge >= 0.3 is 0 Å². The minimum atomic E-state index is -0.609. The van der Waals surface area contributed by atoms with E-state index in [0.717, 1.165) is 11.3 Å². The van der Waals surface area contributed by atoms with E-state index >= 15 is 0 Å². The first-order chi connectivity index (χ1) is 14.0. The molecule has 1 aliphatic rings. The minimum Gasteiger partial charge on any atom is -0.494 e. The van der Waals surface area contributed by atoms with Gasteiger partial charge in [-0.3, -0.25) is 14.8 Å². The quantitative estimate of drug-likeness (QED) is 0.458. The van der Waals surface area contributed by atoms with E-state index in [1.54, 1.807) is 22.5 Å². The average Bonchev–Trinajstić information content (AvgIpc) is 2.77. The van der Waals surface area contributed by atoms with Crippen LogP contribution in [0, 0.1) is 5.82 Å². The van der Waals surface area contributed by atoms with E-state index in [9.17, 15) is 14.0 Å². The summed E-state index contributed by atoms with van der Waals surface area (Å²) in [6, 6.07) is 11.8. The standard InChI is InChI=1S/C21H22FN3O4/c1-29-19-8-6-16(14-17(19)22)21(27)25-12-10-24(11-13-25)18-5-3-2-4-15(18)7-9-20(26)23-28/h2-9,14,28H,10-13H2,1H3,(H,23,26)/b9-7+. The number of hydroxylamine groups is 1. The van der Waals surface area contributed by atoms with Crippen molar-refractivity contribution in [2.24, 2.45) is 0 Å². The van der Waals surface area contributed by atoms with Crippen LogP contribution in [0.2, 0.25) is 0 Å². The highest BCUT2D eigenvalue weighted by molar-refractivity contribution is 5.94. The molecule has 2 N–H and O–H groups in total. The lowest BCUT2D eigenvalue weighted by Gasteiger charge is -2.36. The molecule has 152 valence electrons. The number of nitrogens with zero attached hydrogens (tertiary/aromatic N) is 2. The van der Waals surface area contributed by atoms with Crippen molar-refractivity contribution in [3.8, 4) is 5.75 Å². The second kappa shape index (κ2) is 9.20. The van der Waals surface area contributed by atoms with Crippen LogP contribution in [0.5, 0.6) is 5.75 Å². The summed E-state index contributed by atoms with van der Waals surface area (Å²) in [5.74, 6) is -1.29. The number of carbonyl (C=O) groups excluding carboxylic acids is 2. The molecule has 1 fully saturated rings. The van der Waals surface area contributed by atoms with Crippen LogP contribution >= 0.6 is 0 Å². The number of anilines is 1. The molecule has 8 heteroatoms. The van der Waals surface area contributed by atoms with E-state index in [1.807, 2.05) is 24.3 Å². The third-order valence-electron chi connectivity index (χ3n) is 4.77. The van der Waals surface area contributed by atoms with Gasteiger partial charge in [-0.05, 0) is 35.9 Å². The molecule has 2 amide bonds. The summed E-state index contributed by atoms with van der Waals surface area (Å²) in [5.41, 5.74) is 3.60. The number of ether oxygens (including phenoxy) is 1. The molecule has 0 aromatic heterocycles. The van der Waals surface area contributed by atoms with Gasteiger partial charge in [-0.1, -0.05) is 18.2 Å². The zero-order valence-corrected chi connectivity index (χ0v) is 16.0. The number of methoxy groups -OCH3 is 1. The molecule has 0 atom stereocenters. The molecule has 1 heterocycles. The van der Waals surface area contributed by atoms with Gasteiger partial charge in [-0.25, -0.2) is 9.87 Å². The van der Waals surface area contributed by atoms with Gasteiger partial charge < -0.3 is 14.5 Å². The Morgan fingerprint density at radius 1 is 1.14 bits per heavy atom. The van der Waals surface area contributed by atoms with Gasteiger partial charge in [0.25, 0.3) is 11.8 Å². The van der Waals surface area contributed by atoms with Gasteiger partial charge in [-0.2, -0.15) is 0 Å². The Morgan fingerprint density at radius 2 is 1.86 bits per heavy atom. The van der Waals surface area contributed by atoms with Gasteiger partial charge in [0.15, 0.2) is 11.6 Å². The Bertz CT molecular complexity index is 924. The van der Waals surface area contributed by atoms with Crippen LogP contribution in [0.15, 0.2) is 48.5 Å². The van der Waals surface area contributed by atoms with Crippen LogP contribution in [-0.2, 0) is 4.79 Å². The van der Waals surface area contributed by atoms with Gasteiger partial charge in [0, 0.05) is 43.5 Å². The molecule has 0 radical (unpaired) electrons. The van der Waals surface area contributed by atoms with Gasteiger partial charge in [0.1, 0.15) is 0 Å². The van der Waals surface area contributed by atoms with Crippen LogP contribution in [0.3, 0.4) is 0 Å². The highest BCUT2D eigenvalue weighted by Gasteiger charge is 2.23. The Balaban J connectivity index is 1.68. The molecular formula is C21H22FN3O4. The van der Waals surface area contributed by atoms with E-state index in [2.05, 4.69) is 4.90 Å². The molecule has 0 aliphatic carbocycles.